The van der Waals surface area contributed by atoms with E-state index in [1.54, 1.807) is 0 Å². The Bertz CT molecular complexity index is 455. The minimum Gasteiger partial charge on any atom is -0.413 e. The lowest BCUT2D eigenvalue weighted by molar-refractivity contribution is -0.145. The number of β-lactam (4-membered cyclic amide) rings is 1. The van der Waals surface area contributed by atoms with Crippen LogP contribution in [0.2, 0.25) is 18.1 Å². The van der Waals surface area contributed by atoms with Crippen LogP contribution in [-0.2, 0) is 14.0 Å². The number of hydrogen-bond acceptors (Lipinski definition) is 3. The normalized spacial score (nSPS) is 31.5. The Labute approximate surface area is 135 Å². The minimum atomic E-state index is -1.90. The van der Waals surface area contributed by atoms with E-state index in [0.29, 0.717) is 12.2 Å². The van der Waals surface area contributed by atoms with Gasteiger partial charge in [-0.15, -0.1) is 0 Å². The van der Waals surface area contributed by atoms with Crippen LogP contribution >= 0.6 is 0 Å². The zero-order valence-electron chi connectivity index (χ0n) is 14.9. The maximum atomic E-state index is 12.2. The van der Waals surface area contributed by atoms with E-state index in [2.05, 4.69) is 39.2 Å². The Balaban J connectivity index is 2.06. The van der Waals surface area contributed by atoms with Gasteiger partial charge in [0, 0.05) is 12.3 Å². The Morgan fingerprint density at radius 1 is 1.23 bits per heavy atom. The van der Waals surface area contributed by atoms with Gasteiger partial charge < -0.3 is 9.74 Å². The summed E-state index contributed by atoms with van der Waals surface area (Å²) in [6, 6.07) is -0.0138. The molecule has 22 heavy (non-hydrogen) atoms. The number of Topliss-reactive ketones (excluding diaryl/α,β-unsaturated/α-hetero) is 1. The van der Waals surface area contributed by atoms with Crippen molar-refractivity contribution >= 4 is 20.0 Å². The largest absolute Gasteiger partial charge is 0.413 e. The highest BCUT2D eigenvalue weighted by atomic mass is 28.4. The molecule has 0 radical (unpaired) electrons. The van der Waals surface area contributed by atoms with Crippen molar-refractivity contribution in [3.05, 3.63) is 0 Å². The second-order valence-corrected chi connectivity index (χ2v) is 13.2. The Hall–Kier alpha value is -0.683. The van der Waals surface area contributed by atoms with Gasteiger partial charge in [0.1, 0.15) is 5.78 Å². The summed E-state index contributed by atoms with van der Waals surface area (Å²) >= 11 is 0. The summed E-state index contributed by atoms with van der Waals surface area (Å²) < 4.78 is 6.40. The summed E-state index contributed by atoms with van der Waals surface area (Å²) in [4.78, 5) is 24.2. The summed E-state index contributed by atoms with van der Waals surface area (Å²) in [5.74, 6) is 0.207. The first-order valence-corrected chi connectivity index (χ1v) is 11.5. The molecule has 1 amide bonds. The first-order valence-electron chi connectivity index (χ1n) is 8.55. The lowest BCUT2D eigenvalue weighted by atomic mass is 9.72. The van der Waals surface area contributed by atoms with Gasteiger partial charge in [0.15, 0.2) is 8.32 Å². The van der Waals surface area contributed by atoms with Gasteiger partial charge in [0.25, 0.3) is 0 Å². The Morgan fingerprint density at radius 3 is 2.36 bits per heavy atom. The zero-order chi connectivity index (χ0) is 16.7. The van der Waals surface area contributed by atoms with Crippen LogP contribution in [0, 0.1) is 11.8 Å². The molecule has 126 valence electrons. The standard InChI is InChI=1S/C17H31NO3Si/c1-11(21-22(5,6)17(2,3)4)14-15(18-16(14)20)12-9-7-8-10-13(12)19/h11-12,14-15H,7-10H2,1-6H3,(H,18,20). The fraction of sp³-hybridized carbons (Fsp3) is 0.882. The fourth-order valence-corrected chi connectivity index (χ4v) is 4.81. The molecular formula is C17H31NO3Si. The molecule has 4 unspecified atom stereocenters. The Morgan fingerprint density at radius 2 is 1.86 bits per heavy atom. The molecule has 0 bridgehead atoms. The lowest BCUT2D eigenvalue weighted by Crippen LogP contribution is -2.67. The van der Waals surface area contributed by atoms with Crippen LogP contribution in [0.1, 0.15) is 53.4 Å². The molecule has 2 aliphatic rings. The van der Waals surface area contributed by atoms with Crippen LogP contribution in [0.25, 0.3) is 0 Å². The molecule has 1 aliphatic heterocycles. The van der Waals surface area contributed by atoms with Crippen molar-refractivity contribution in [2.24, 2.45) is 11.8 Å². The smallest absolute Gasteiger partial charge is 0.228 e. The summed E-state index contributed by atoms with van der Waals surface area (Å²) in [5, 5.41) is 3.10. The summed E-state index contributed by atoms with van der Waals surface area (Å²) in [5.41, 5.74) is 0. The molecule has 0 aromatic carbocycles. The molecule has 1 saturated carbocycles. The SMILES string of the molecule is CC(O[Si](C)(C)C(C)(C)C)C1C(=O)NC1C1CCCCC1=O. The van der Waals surface area contributed by atoms with Crippen molar-refractivity contribution in [2.45, 2.75) is 83.7 Å². The summed E-state index contributed by atoms with van der Waals surface area (Å²) in [6.45, 7) is 13.0. The molecule has 1 N–H and O–H groups in total. The summed E-state index contributed by atoms with van der Waals surface area (Å²) in [6.07, 6.45) is 3.55. The van der Waals surface area contributed by atoms with Gasteiger partial charge >= 0.3 is 0 Å². The molecule has 1 saturated heterocycles. The molecule has 4 atom stereocenters. The number of amides is 1. The third kappa shape index (κ3) is 3.30. The van der Waals surface area contributed by atoms with Crippen LogP contribution in [0.3, 0.4) is 0 Å². The van der Waals surface area contributed by atoms with Crippen molar-refractivity contribution in [1.82, 2.24) is 5.32 Å². The quantitative estimate of drug-likeness (QED) is 0.637. The van der Waals surface area contributed by atoms with Crippen LogP contribution in [0.5, 0.6) is 0 Å². The van der Waals surface area contributed by atoms with Gasteiger partial charge in [-0.05, 0) is 37.9 Å². The van der Waals surface area contributed by atoms with Gasteiger partial charge in [-0.3, -0.25) is 9.59 Å². The number of carbonyl (C=O) groups is 2. The van der Waals surface area contributed by atoms with E-state index in [-0.39, 0.29) is 34.9 Å². The van der Waals surface area contributed by atoms with E-state index in [9.17, 15) is 9.59 Å². The van der Waals surface area contributed by atoms with E-state index < -0.39 is 8.32 Å². The predicted molar refractivity (Wildman–Crippen MR) is 90.1 cm³/mol. The number of carbonyl (C=O) groups excluding carboxylic acids is 2. The van der Waals surface area contributed by atoms with E-state index in [0.717, 1.165) is 19.3 Å². The second kappa shape index (κ2) is 6.08. The van der Waals surface area contributed by atoms with Gasteiger partial charge in [0.05, 0.1) is 18.1 Å². The molecule has 0 aromatic rings. The highest BCUT2D eigenvalue weighted by molar-refractivity contribution is 6.74. The predicted octanol–water partition coefficient (Wildman–Crippen LogP) is 3.27. The van der Waals surface area contributed by atoms with E-state index in [1.165, 1.54) is 0 Å². The number of ketones is 1. The van der Waals surface area contributed by atoms with Crippen molar-refractivity contribution in [3.8, 4) is 0 Å². The van der Waals surface area contributed by atoms with Crippen LogP contribution in [0.4, 0.5) is 0 Å². The molecule has 0 aromatic heterocycles. The summed E-state index contributed by atoms with van der Waals surface area (Å²) in [7, 11) is -1.90. The molecule has 5 heteroatoms. The van der Waals surface area contributed by atoms with Crippen LogP contribution < -0.4 is 5.32 Å². The molecule has 4 nitrogen and oxygen atoms in total. The van der Waals surface area contributed by atoms with Crippen LogP contribution in [-0.4, -0.2) is 32.2 Å². The van der Waals surface area contributed by atoms with Crippen molar-refractivity contribution in [3.63, 3.8) is 0 Å². The zero-order valence-corrected chi connectivity index (χ0v) is 15.9. The monoisotopic (exact) mass is 325 g/mol. The third-order valence-electron chi connectivity index (χ3n) is 5.83. The average molecular weight is 326 g/mol. The Kier molecular flexibility index (Phi) is 4.88. The molecular weight excluding hydrogens is 294 g/mol. The number of rotatable bonds is 4. The molecule has 1 aliphatic carbocycles. The van der Waals surface area contributed by atoms with Gasteiger partial charge in [-0.25, -0.2) is 0 Å². The molecule has 0 spiro atoms. The van der Waals surface area contributed by atoms with Crippen molar-refractivity contribution < 1.29 is 14.0 Å². The number of hydrogen-bond donors (Lipinski definition) is 1. The second-order valence-electron chi connectivity index (χ2n) is 8.46. The van der Waals surface area contributed by atoms with Crippen molar-refractivity contribution in [1.29, 1.82) is 0 Å². The van der Waals surface area contributed by atoms with Gasteiger partial charge in [-0.2, -0.15) is 0 Å². The fourth-order valence-electron chi connectivity index (χ4n) is 3.38. The van der Waals surface area contributed by atoms with Crippen LogP contribution in [0.15, 0.2) is 0 Å². The maximum Gasteiger partial charge on any atom is 0.228 e. The maximum absolute atomic E-state index is 12.2. The topological polar surface area (TPSA) is 55.4 Å². The highest BCUT2D eigenvalue weighted by Crippen LogP contribution is 2.40. The van der Waals surface area contributed by atoms with Crippen molar-refractivity contribution in [2.75, 3.05) is 0 Å². The van der Waals surface area contributed by atoms with E-state index >= 15 is 0 Å². The minimum absolute atomic E-state index is 0.00177. The highest BCUT2D eigenvalue weighted by Gasteiger charge is 2.51. The average Bonchev–Trinajstić information content (AvgIpc) is 2.34. The lowest BCUT2D eigenvalue weighted by Gasteiger charge is -2.48. The number of nitrogens with one attached hydrogen (secondary N) is 1. The van der Waals surface area contributed by atoms with Gasteiger partial charge in [-0.1, -0.05) is 27.2 Å². The molecule has 2 fully saturated rings. The first kappa shape index (κ1) is 17.7. The third-order valence-corrected chi connectivity index (χ3v) is 10.4. The molecule has 1 heterocycles. The van der Waals surface area contributed by atoms with E-state index in [1.807, 2.05) is 6.92 Å². The van der Waals surface area contributed by atoms with E-state index in [4.69, 9.17) is 4.43 Å². The molecule has 2 rings (SSSR count). The first-order chi connectivity index (χ1) is 10.0. The van der Waals surface area contributed by atoms with Gasteiger partial charge in [0.2, 0.25) is 5.91 Å².